The van der Waals surface area contributed by atoms with E-state index < -0.39 is 0 Å². The van der Waals surface area contributed by atoms with Gasteiger partial charge in [0.15, 0.2) is 0 Å². The number of amides is 2. The maximum Gasteiger partial charge on any atom is 0.261 e. The van der Waals surface area contributed by atoms with Crippen molar-refractivity contribution in [2.45, 2.75) is 92.9 Å². The minimum absolute atomic E-state index is 0.000348. The molecular formula is C36H46N2O2S3. The maximum atomic E-state index is 14.6. The van der Waals surface area contributed by atoms with Gasteiger partial charge in [0.2, 0.25) is 0 Å². The molecule has 0 spiro atoms. The van der Waals surface area contributed by atoms with Gasteiger partial charge in [0, 0.05) is 32.6 Å². The number of nitrogens with zero attached hydrogens (tertiary/aromatic N) is 2. The van der Waals surface area contributed by atoms with Crippen LogP contribution < -0.4 is 0 Å². The number of carbonyl (C=O) groups excluding carboxylic acids is 2. The number of hydrogen-bond acceptors (Lipinski definition) is 5. The third-order valence-corrected chi connectivity index (χ3v) is 12.2. The molecule has 5 rings (SSSR count). The van der Waals surface area contributed by atoms with Crippen LogP contribution in [0, 0.1) is 25.7 Å². The normalized spacial score (nSPS) is 16.7. The Morgan fingerprint density at radius 3 is 1.40 bits per heavy atom. The number of carbonyl (C=O) groups is 2. The Balaban J connectivity index is 1.66. The van der Waals surface area contributed by atoms with Gasteiger partial charge in [-0.3, -0.25) is 9.59 Å². The van der Waals surface area contributed by atoms with Crippen LogP contribution in [0.5, 0.6) is 0 Å². The lowest BCUT2D eigenvalue weighted by molar-refractivity contribution is -0.124. The van der Waals surface area contributed by atoms with Crippen molar-refractivity contribution >= 4 is 57.2 Å². The summed E-state index contributed by atoms with van der Waals surface area (Å²) in [6.45, 7) is 14.4. The van der Waals surface area contributed by atoms with Crippen molar-refractivity contribution in [3.8, 4) is 9.75 Å². The van der Waals surface area contributed by atoms with Gasteiger partial charge in [0.05, 0.1) is 32.3 Å². The van der Waals surface area contributed by atoms with Crippen molar-refractivity contribution in [3.05, 3.63) is 67.1 Å². The topological polar surface area (TPSA) is 40.6 Å². The van der Waals surface area contributed by atoms with Gasteiger partial charge in [-0.1, -0.05) is 66.2 Å². The molecule has 2 aliphatic rings. The Morgan fingerprint density at radius 1 is 0.581 bits per heavy atom. The van der Waals surface area contributed by atoms with Crippen LogP contribution in [-0.4, -0.2) is 34.7 Å². The predicted octanol–water partition coefficient (Wildman–Crippen LogP) is 10.4. The molecule has 0 saturated carbocycles. The zero-order valence-corrected chi connectivity index (χ0v) is 29.1. The van der Waals surface area contributed by atoms with E-state index in [0.717, 1.165) is 72.5 Å². The van der Waals surface area contributed by atoms with Crippen molar-refractivity contribution in [1.29, 1.82) is 0 Å². The lowest BCUT2D eigenvalue weighted by atomic mass is 9.98. The molecule has 43 heavy (non-hydrogen) atoms. The van der Waals surface area contributed by atoms with Crippen LogP contribution in [0.2, 0.25) is 0 Å². The first-order valence-corrected chi connectivity index (χ1v) is 18.6. The molecule has 0 aliphatic carbocycles. The molecule has 0 radical (unpaired) electrons. The van der Waals surface area contributed by atoms with Gasteiger partial charge in [0.25, 0.3) is 11.8 Å². The van der Waals surface area contributed by atoms with Crippen LogP contribution in [0.15, 0.2) is 47.5 Å². The highest BCUT2D eigenvalue weighted by atomic mass is 32.1. The van der Waals surface area contributed by atoms with Gasteiger partial charge in [-0.2, -0.15) is 0 Å². The smallest absolute Gasteiger partial charge is 0.261 e. The van der Waals surface area contributed by atoms with Crippen molar-refractivity contribution in [1.82, 2.24) is 9.80 Å². The number of aryl methyl sites for hydroxylation is 2. The Bertz CT molecular complexity index is 1520. The molecule has 0 saturated heterocycles. The molecule has 0 fully saturated rings. The fourth-order valence-corrected chi connectivity index (χ4v) is 9.29. The largest absolute Gasteiger partial charge is 0.306 e. The van der Waals surface area contributed by atoms with E-state index in [0.29, 0.717) is 36.1 Å². The number of rotatable bonds is 15. The summed E-state index contributed by atoms with van der Waals surface area (Å²) in [5.41, 5.74) is 2.92. The van der Waals surface area contributed by atoms with E-state index in [4.69, 9.17) is 0 Å². The molecule has 2 atom stereocenters. The van der Waals surface area contributed by atoms with Crippen molar-refractivity contribution in [3.63, 3.8) is 0 Å². The molecule has 230 valence electrons. The third-order valence-electron chi connectivity index (χ3n) is 8.95. The summed E-state index contributed by atoms with van der Waals surface area (Å²) in [6.07, 6.45) is 8.82. The highest BCUT2D eigenvalue weighted by Gasteiger charge is 2.50. The number of hydrogen-bond donors (Lipinski definition) is 0. The van der Waals surface area contributed by atoms with Crippen LogP contribution in [0.3, 0.4) is 0 Å². The fourth-order valence-electron chi connectivity index (χ4n) is 6.33. The number of fused-ring (bicyclic) bond motifs is 1. The fraction of sp³-hybridized carbons (Fsp3) is 0.500. The van der Waals surface area contributed by atoms with Crippen molar-refractivity contribution in [2.75, 3.05) is 13.1 Å². The Hall–Kier alpha value is -2.48. The SMILES string of the molecule is CCCCC(CC)CN1C(=O)C2=C(c3ccc(-c4ccc(C)s4)s3)N(CC(CC)CCCC)C(=O)C2=C1c1ccc(C)s1. The molecule has 0 bridgehead atoms. The minimum atomic E-state index is 0.000348. The molecule has 5 heterocycles. The molecule has 2 amide bonds. The zero-order valence-electron chi connectivity index (χ0n) is 26.6. The van der Waals surface area contributed by atoms with E-state index in [2.05, 4.69) is 77.9 Å². The second-order valence-corrected chi connectivity index (χ2v) is 15.8. The molecule has 3 aromatic heterocycles. The Kier molecular flexibility index (Phi) is 10.5. The van der Waals surface area contributed by atoms with Crippen molar-refractivity contribution in [2.24, 2.45) is 11.8 Å². The van der Waals surface area contributed by atoms with E-state index in [-0.39, 0.29) is 11.8 Å². The van der Waals surface area contributed by atoms with Gasteiger partial charge < -0.3 is 9.80 Å². The highest BCUT2D eigenvalue weighted by Crippen LogP contribution is 2.50. The van der Waals surface area contributed by atoms with E-state index in [1.54, 1.807) is 34.0 Å². The molecule has 4 nitrogen and oxygen atoms in total. The van der Waals surface area contributed by atoms with E-state index in [1.807, 2.05) is 9.80 Å². The average molecular weight is 635 g/mol. The van der Waals surface area contributed by atoms with E-state index >= 15 is 0 Å². The summed E-state index contributed by atoms with van der Waals surface area (Å²) in [6, 6.07) is 12.8. The first kappa shape index (κ1) is 31.9. The summed E-state index contributed by atoms with van der Waals surface area (Å²) in [4.78, 5) is 40.2. The van der Waals surface area contributed by atoms with Gasteiger partial charge in [-0.15, -0.1) is 34.0 Å². The first-order valence-electron chi connectivity index (χ1n) is 16.2. The standard InChI is InChI=1S/C36H46N2O2S3/c1-7-11-13-25(9-3)21-37-33(29-18-16-24(6)42-29)31-32(36(37)40)34(38(35(31)39)22-26(10-4)14-12-8-2)30-20-19-28(43-30)27-17-15-23(5)41-27/h15-20,25-26H,7-14,21-22H2,1-6H3. The van der Waals surface area contributed by atoms with Gasteiger partial charge >= 0.3 is 0 Å². The second-order valence-electron chi connectivity index (χ2n) is 12.1. The predicted molar refractivity (Wildman–Crippen MR) is 185 cm³/mol. The quantitative estimate of drug-likeness (QED) is 0.167. The lowest BCUT2D eigenvalue weighted by Crippen LogP contribution is -2.34. The van der Waals surface area contributed by atoms with Crippen LogP contribution in [-0.2, 0) is 9.59 Å². The lowest BCUT2D eigenvalue weighted by Gasteiger charge is -2.29. The first-order chi connectivity index (χ1) is 20.8. The third kappa shape index (κ3) is 6.50. The summed E-state index contributed by atoms with van der Waals surface area (Å²) in [5, 5.41) is 0. The van der Waals surface area contributed by atoms with Gasteiger partial charge in [0.1, 0.15) is 0 Å². The second kappa shape index (κ2) is 14.1. The zero-order chi connectivity index (χ0) is 30.7. The molecule has 7 heteroatoms. The summed E-state index contributed by atoms with van der Waals surface area (Å²) < 4.78 is 0. The van der Waals surface area contributed by atoms with Crippen molar-refractivity contribution < 1.29 is 9.59 Å². The Labute approximate surface area is 270 Å². The van der Waals surface area contributed by atoms with Crippen LogP contribution >= 0.6 is 34.0 Å². The molecule has 2 aliphatic heterocycles. The monoisotopic (exact) mass is 634 g/mol. The number of thiophene rings is 3. The highest BCUT2D eigenvalue weighted by molar-refractivity contribution is 7.22. The van der Waals surface area contributed by atoms with Gasteiger partial charge in [-0.25, -0.2) is 0 Å². The van der Waals surface area contributed by atoms with Crippen LogP contribution in [0.1, 0.15) is 98.6 Å². The minimum Gasteiger partial charge on any atom is -0.306 e. The average Bonchev–Trinajstić information content (AvgIpc) is 3.82. The summed E-state index contributed by atoms with van der Waals surface area (Å²) in [5.74, 6) is 0.805. The van der Waals surface area contributed by atoms with Crippen LogP contribution in [0.4, 0.5) is 0 Å². The molecular weight excluding hydrogens is 589 g/mol. The van der Waals surface area contributed by atoms with Gasteiger partial charge in [-0.05, 0) is 74.9 Å². The summed E-state index contributed by atoms with van der Waals surface area (Å²) in [7, 11) is 0. The summed E-state index contributed by atoms with van der Waals surface area (Å²) >= 11 is 5.18. The molecule has 0 aromatic carbocycles. The molecule has 0 N–H and O–H groups in total. The Morgan fingerprint density at radius 2 is 0.977 bits per heavy atom. The molecule has 3 aromatic rings. The van der Waals surface area contributed by atoms with E-state index in [1.165, 1.54) is 19.5 Å². The maximum absolute atomic E-state index is 14.6. The number of unbranched alkanes of at least 4 members (excludes halogenated alkanes) is 2. The molecule has 2 unspecified atom stereocenters. The van der Waals surface area contributed by atoms with Crippen LogP contribution in [0.25, 0.3) is 21.1 Å². The van der Waals surface area contributed by atoms with E-state index in [9.17, 15) is 9.59 Å².